The molecule has 0 fully saturated rings. The molecule has 0 spiro atoms. The SMILES string of the molecule is CCOC(=O)CC(C[N+](=O)[O-])c1cc(C)c(C)c(C)c1C. The van der Waals surface area contributed by atoms with E-state index in [-0.39, 0.29) is 30.5 Å². The van der Waals surface area contributed by atoms with E-state index in [0.29, 0.717) is 0 Å². The average molecular weight is 293 g/mol. The van der Waals surface area contributed by atoms with Crippen LogP contribution in [0.2, 0.25) is 0 Å². The number of nitrogens with zero attached hydrogens (tertiary/aromatic N) is 1. The van der Waals surface area contributed by atoms with E-state index in [1.54, 1.807) is 6.92 Å². The van der Waals surface area contributed by atoms with Crippen molar-refractivity contribution >= 4 is 5.97 Å². The van der Waals surface area contributed by atoms with Crippen LogP contribution in [-0.4, -0.2) is 24.0 Å². The largest absolute Gasteiger partial charge is 0.466 e. The van der Waals surface area contributed by atoms with Gasteiger partial charge in [-0.25, -0.2) is 0 Å². The maximum Gasteiger partial charge on any atom is 0.306 e. The van der Waals surface area contributed by atoms with Gasteiger partial charge >= 0.3 is 5.97 Å². The van der Waals surface area contributed by atoms with Gasteiger partial charge in [0.15, 0.2) is 0 Å². The first kappa shape index (κ1) is 17.1. The third-order valence-electron chi connectivity index (χ3n) is 4.05. The van der Waals surface area contributed by atoms with Crippen molar-refractivity contribution in [3.8, 4) is 0 Å². The summed E-state index contributed by atoms with van der Waals surface area (Å²) in [6, 6.07) is 1.96. The summed E-state index contributed by atoms with van der Waals surface area (Å²) in [4.78, 5) is 22.3. The second-order valence-electron chi connectivity index (χ2n) is 5.38. The molecule has 0 radical (unpaired) electrons. The first-order chi connectivity index (χ1) is 9.77. The van der Waals surface area contributed by atoms with E-state index in [9.17, 15) is 14.9 Å². The van der Waals surface area contributed by atoms with Crippen molar-refractivity contribution in [2.45, 2.75) is 47.0 Å². The van der Waals surface area contributed by atoms with E-state index >= 15 is 0 Å². The zero-order valence-electron chi connectivity index (χ0n) is 13.4. The molecule has 0 bridgehead atoms. The predicted molar refractivity (Wildman–Crippen MR) is 81.2 cm³/mol. The molecule has 1 aromatic rings. The Morgan fingerprint density at radius 3 is 2.38 bits per heavy atom. The molecule has 1 aromatic carbocycles. The van der Waals surface area contributed by atoms with E-state index in [0.717, 1.165) is 22.3 Å². The summed E-state index contributed by atoms with van der Waals surface area (Å²) in [5, 5.41) is 10.9. The van der Waals surface area contributed by atoms with Gasteiger partial charge in [0.05, 0.1) is 18.9 Å². The van der Waals surface area contributed by atoms with E-state index in [1.165, 1.54) is 5.56 Å². The summed E-state index contributed by atoms with van der Waals surface area (Å²) in [7, 11) is 0. The van der Waals surface area contributed by atoms with Crippen LogP contribution in [0.4, 0.5) is 0 Å². The summed E-state index contributed by atoms with van der Waals surface area (Å²) >= 11 is 0. The second-order valence-corrected chi connectivity index (χ2v) is 5.38. The minimum atomic E-state index is -0.447. The van der Waals surface area contributed by atoms with Crippen molar-refractivity contribution in [2.75, 3.05) is 13.2 Å². The normalized spacial score (nSPS) is 12.0. The fourth-order valence-electron chi connectivity index (χ4n) is 2.54. The van der Waals surface area contributed by atoms with Gasteiger partial charge in [-0.05, 0) is 62.4 Å². The number of hydrogen-bond acceptors (Lipinski definition) is 4. The summed E-state index contributed by atoms with van der Waals surface area (Å²) in [6.45, 7) is 9.74. The molecule has 1 unspecified atom stereocenters. The number of carbonyl (C=O) groups is 1. The highest BCUT2D eigenvalue weighted by Gasteiger charge is 2.25. The minimum Gasteiger partial charge on any atom is -0.466 e. The maximum absolute atomic E-state index is 11.7. The van der Waals surface area contributed by atoms with Crippen molar-refractivity contribution in [1.29, 1.82) is 0 Å². The standard InChI is InChI=1S/C16H23NO4/c1-6-21-16(18)8-14(9-17(19)20)15-7-10(2)11(3)12(4)13(15)5/h7,14H,6,8-9H2,1-5H3. The Kier molecular flexibility index (Phi) is 5.88. The number of esters is 1. The molecule has 116 valence electrons. The van der Waals surface area contributed by atoms with Crippen molar-refractivity contribution in [3.63, 3.8) is 0 Å². The van der Waals surface area contributed by atoms with Crippen LogP contribution in [0.25, 0.3) is 0 Å². The lowest BCUT2D eigenvalue weighted by Gasteiger charge is -2.19. The molecular formula is C16H23NO4. The van der Waals surface area contributed by atoms with Crippen molar-refractivity contribution in [3.05, 3.63) is 44.0 Å². The van der Waals surface area contributed by atoms with Gasteiger partial charge in [0, 0.05) is 4.92 Å². The number of hydrogen-bond donors (Lipinski definition) is 0. The first-order valence-corrected chi connectivity index (χ1v) is 7.12. The molecule has 0 aromatic heterocycles. The van der Waals surface area contributed by atoms with Crippen LogP contribution in [0.15, 0.2) is 6.07 Å². The van der Waals surface area contributed by atoms with Gasteiger partial charge in [-0.2, -0.15) is 0 Å². The van der Waals surface area contributed by atoms with Gasteiger partial charge in [0.1, 0.15) is 0 Å². The highest BCUT2D eigenvalue weighted by atomic mass is 16.6. The van der Waals surface area contributed by atoms with Crippen LogP contribution < -0.4 is 0 Å². The van der Waals surface area contributed by atoms with Crippen LogP contribution in [0.5, 0.6) is 0 Å². The predicted octanol–water partition coefficient (Wildman–Crippen LogP) is 3.23. The van der Waals surface area contributed by atoms with Gasteiger partial charge < -0.3 is 4.74 Å². The quantitative estimate of drug-likeness (QED) is 0.458. The van der Waals surface area contributed by atoms with Gasteiger partial charge in [-0.1, -0.05) is 6.07 Å². The highest BCUT2D eigenvalue weighted by molar-refractivity contribution is 5.70. The third-order valence-corrected chi connectivity index (χ3v) is 4.05. The Balaban J connectivity index is 3.20. The van der Waals surface area contributed by atoms with Crippen LogP contribution in [-0.2, 0) is 9.53 Å². The van der Waals surface area contributed by atoms with Gasteiger partial charge in [-0.15, -0.1) is 0 Å². The Labute approximate surface area is 125 Å². The second kappa shape index (κ2) is 7.20. The molecule has 1 atom stereocenters. The van der Waals surface area contributed by atoms with E-state index in [4.69, 9.17) is 4.74 Å². The zero-order chi connectivity index (χ0) is 16.2. The number of carbonyl (C=O) groups excluding carboxylic acids is 1. The van der Waals surface area contributed by atoms with Crippen LogP contribution in [0.3, 0.4) is 0 Å². The van der Waals surface area contributed by atoms with Crippen LogP contribution >= 0.6 is 0 Å². The van der Waals surface area contributed by atoms with Gasteiger partial charge in [0.25, 0.3) is 0 Å². The Morgan fingerprint density at radius 1 is 1.24 bits per heavy atom. The number of rotatable bonds is 6. The molecule has 21 heavy (non-hydrogen) atoms. The fourth-order valence-corrected chi connectivity index (χ4v) is 2.54. The molecule has 0 aliphatic rings. The molecule has 0 amide bonds. The lowest BCUT2D eigenvalue weighted by atomic mass is 9.86. The molecule has 0 aliphatic carbocycles. The summed E-state index contributed by atoms with van der Waals surface area (Å²) in [6.07, 6.45) is 0.0393. The fraction of sp³-hybridized carbons (Fsp3) is 0.562. The first-order valence-electron chi connectivity index (χ1n) is 7.12. The molecule has 0 heterocycles. The molecule has 5 nitrogen and oxygen atoms in total. The average Bonchev–Trinajstić information content (AvgIpc) is 2.39. The third kappa shape index (κ3) is 4.28. The number of nitro groups is 1. The van der Waals surface area contributed by atoms with Gasteiger partial charge in [0.2, 0.25) is 6.54 Å². The highest BCUT2D eigenvalue weighted by Crippen LogP contribution is 2.29. The molecule has 0 N–H and O–H groups in total. The van der Waals surface area contributed by atoms with Crippen LogP contribution in [0, 0.1) is 37.8 Å². The van der Waals surface area contributed by atoms with Crippen LogP contribution in [0.1, 0.15) is 47.1 Å². The molecule has 0 aliphatic heterocycles. The molecule has 0 saturated carbocycles. The summed E-state index contributed by atoms with van der Waals surface area (Å²) in [5.74, 6) is -0.836. The summed E-state index contributed by atoms with van der Waals surface area (Å²) in [5.41, 5.74) is 5.30. The monoisotopic (exact) mass is 293 g/mol. The van der Waals surface area contributed by atoms with E-state index in [1.807, 2.05) is 33.8 Å². The Bertz CT molecular complexity index is 552. The molecule has 1 rings (SSSR count). The Hall–Kier alpha value is -1.91. The maximum atomic E-state index is 11.7. The lowest BCUT2D eigenvalue weighted by Crippen LogP contribution is -2.19. The number of aryl methyl sites for hydroxylation is 1. The Morgan fingerprint density at radius 2 is 1.86 bits per heavy atom. The van der Waals surface area contributed by atoms with E-state index < -0.39 is 5.92 Å². The smallest absolute Gasteiger partial charge is 0.306 e. The zero-order valence-corrected chi connectivity index (χ0v) is 13.4. The topological polar surface area (TPSA) is 69.4 Å². The van der Waals surface area contributed by atoms with E-state index in [2.05, 4.69) is 0 Å². The summed E-state index contributed by atoms with van der Waals surface area (Å²) < 4.78 is 4.94. The number of benzene rings is 1. The molecule has 5 heteroatoms. The van der Waals surface area contributed by atoms with Crippen molar-refractivity contribution in [2.24, 2.45) is 0 Å². The minimum absolute atomic E-state index is 0.0393. The van der Waals surface area contributed by atoms with Gasteiger partial charge in [-0.3, -0.25) is 14.9 Å². The van der Waals surface area contributed by atoms with Crippen molar-refractivity contribution in [1.82, 2.24) is 0 Å². The lowest BCUT2D eigenvalue weighted by molar-refractivity contribution is -0.483. The number of ether oxygens (including phenoxy) is 1. The molecular weight excluding hydrogens is 270 g/mol. The molecule has 0 saturated heterocycles. The van der Waals surface area contributed by atoms with Crippen molar-refractivity contribution < 1.29 is 14.5 Å².